The monoisotopic (exact) mass is 488 g/mol. The fraction of sp³-hybridized carbons (Fsp3) is 0.0800. The van der Waals surface area contributed by atoms with Gasteiger partial charge in [-0.1, -0.05) is 24.3 Å². The van der Waals surface area contributed by atoms with Crippen molar-refractivity contribution in [3.8, 4) is 0 Å². The fourth-order valence-corrected chi connectivity index (χ4v) is 4.39. The van der Waals surface area contributed by atoms with Crippen LogP contribution in [0.2, 0.25) is 0 Å². The predicted molar refractivity (Wildman–Crippen MR) is 137 cm³/mol. The summed E-state index contributed by atoms with van der Waals surface area (Å²) in [5.41, 5.74) is 9.40. The molecule has 1 amide bonds. The lowest BCUT2D eigenvalue weighted by atomic mass is 10.1. The van der Waals surface area contributed by atoms with Gasteiger partial charge in [0.1, 0.15) is 5.82 Å². The molecule has 0 saturated carbocycles. The molecule has 0 aliphatic carbocycles. The Balaban J connectivity index is 1.47. The smallest absolute Gasteiger partial charge is 0.261 e. The predicted octanol–water partition coefficient (Wildman–Crippen LogP) is 4.47. The van der Waals surface area contributed by atoms with Crippen LogP contribution in [-0.2, 0) is 10.0 Å². The van der Waals surface area contributed by atoms with Gasteiger partial charge in [0.25, 0.3) is 15.9 Å². The fourth-order valence-electron chi connectivity index (χ4n) is 3.33. The maximum absolute atomic E-state index is 12.8. The molecule has 0 saturated heterocycles. The molecule has 0 atom stereocenters. The summed E-state index contributed by atoms with van der Waals surface area (Å²) < 4.78 is 27.7. The number of nitrogens with one attached hydrogen (secondary N) is 3. The third-order valence-corrected chi connectivity index (χ3v) is 6.48. The SMILES string of the molecule is Cc1cc(Nc2cc(C(=O)Nc3ccc(S(=O)(=O)Nc4ccccc4)cc3)ccc2C)nc(N)n1. The Kier molecular flexibility index (Phi) is 6.65. The zero-order valence-corrected chi connectivity index (χ0v) is 19.9. The number of nitrogen functional groups attached to an aromatic ring is 1. The number of hydrogen-bond acceptors (Lipinski definition) is 7. The van der Waals surface area contributed by atoms with Crippen LogP contribution in [0.3, 0.4) is 0 Å². The molecule has 9 nitrogen and oxygen atoms in total. The number of hydrogen-bond donors (Lipinski definition) is 4. The number of nitrogens with two attached hydrogens (primary N) is 1. The van der Waals surface area contributed by atoms with E-state index in [0.29, 0.717) is 28.4 Å². The first-order chi connectivity index (χ1) is 16.7. The van der Waals surface area contributed by atoms with E-state index in [0.717, 1.165) is 11.3 Å². The maximum atomic E-state index is 12.8. The average Bonchev–Trinajstić information content (AvgIpc) is 2.80. The standard InChI is InChI=1S/C25H24N6O3S/c1-16-8-9-18(15-22(16)29-23-14-17(2)27-25(26)30-23)24(32)28-19-10-12-21(13-11-19)35(33,34)31-20-6-4-3-5-7-20/h3-15,31H,1-2H3,(H,28,32)(H3,26,27,29,30). The quantitative estimate of drug-likeness (QED) is 0.301. The Morgan fingerprint density at radius 2 is 1.57 bits per heavy atom. The number of rotatable bonds is 7. The van der Waals surface area contributed by atoms with Crippen molar-refractivity contribution >= 4 is 44.8 Å². The number of amides is 1. The van der Waals surface area contributed by atoms with Crippen LogP contribution in [-0.4, -0.2) is 24.3 Å². The van der Waals surface area contributed by atoms with E-state index in [4.69, 9.17) is 5.73 Å². The molecule has 35 heavy (non-hydrogen) atoms. The van der Waals surface area contributed by atoms with E-state index in [1.54, 1.807) is 48.5 Å². The van der Waals surface area contributed by atoms with Crippen molar-refractivity contribution in [3.05, 3.63) is 95.7 Å². The van der Waals surface area contributed by atoms with E-state index in [9.17, 15) is 13.2 Å². The third-order valence-electron chi connectivity index (χ3n) is 5.08. The Labute approximate surface area is 203 Å². The zero-order valence-electron chi connectivity index (χ0n) is 19.1. The summed E-state index contributed by atoms with van der Waals surface area (Å²) in [6.45, 7) is 3.72. The van der Waals surface area contributed by atoms with E-state index in [2.05, 4.69) is 25.3 Å². The van der Waals surface area contributed by atoms with Crippen molar-refractivity contribution in [3.63, 3.8) is 0 Å². The second kappa shape index (κ2) is 9.82. The molecule has 10 heteroatoms. The molecule has 0 radical (unpaired) electrons. The molecule has 0 unspecified atom stereocenters. The largest absolute Gasteiger partial charge is 0.368 e. The van der Waals surface area contributed by atoms with E-state index in [1.807, 2.05) is 19.9 Å². The van der Waals surface area contributed by atoms with Crippen LogP contribution in [0, 0.1) is 13.8 Å². The van der Waals surface area contributed by atoms with E-state index in [1.165, 1.54) is 24.3 Å². The minimum atomic E-state index is -3.75. The lowest BCUT2D eigenvalue weighted by Crippen LogP contribution is -2.14. The van der Waals surface area contributed by atoms with Gasteiger partial charge in [-0.2, -0.15) is 4.98 Å². The van der Waals surface area contributed by atoms with Gasteiger partial charge in [-0.05, 0) is 67.9 Å². The number of aromatic nitrogens is 2. The number of benzene rings is 3. The maximum Gasteiger partial charge on any atom is 0.261 e. The molecule has 0 fully saturated rings. The molecule has 3 aromatic carbocycles. The Morgan fingerprint density at radius 3 is 2.26 bits per heavy atom. The average molecular weight is 489 g/mol. The molecule has 5 N–H and O–H groups in total. The summed E-state index contributed by atoms with van der Waals surface area (Å²) >= 11 is 0. The lowest BCUT2D eigenvalue weighted by molar-refractivity contribution is 0.102. The molecule has 4 aromatic rings. The number of carbonyl (C=O) groups is 1. The van der Waals surface area contributed by atoms with Crippen LogP contribution >= 0.6 is 0 Å². The van der Waals surface area contributed by atoms with Gasteiger partial charge in [0.05, 0.1) is 4.90 Å². The number of sulfonamides is 1. The first kappa shape index (κ1) is 23.7. The molecule has 4 rings (SSSR count). The Morgan fingerprint density at radius 1 is 0.857 bits per heavy atom. The highest BCUT2D eigenvalue weighted by Crippen LogP contribution is 2.23. The van der Waals surface area contributed by atoms with E-state index < -0.39 is 10.0 Å². The van der Waals surface area contributed by atoms with E-state index in [-0.39, 0.29) is 16.8 Å². The molecule has 0 aliphatic heterocycles. The summed E-state index contributed by atoms with van der Waals surface area (Å²) in [4.78, 5) is 21.2. The number of aryl methyl sites for hydroxylation is 2. The van der Waals surface area contributed by atoms with Gasteiger partial charge in [0.15, 0.2) is 0 Å². The van der Waals surface area contributed by atoms with Gasteiger partial charge < -0.3 is 16.4 Å². The second-order valence-corrected chi connectivity index (χ2v) is 9.54. The van der Waals surface area contributed by atoms with Crippen molar-refractivity contribution in [1.29, 1.82) is 0 Å². The van der Waals surface area contributed by atoms with Crippen LogP contribution in [0.5, 0.6) is 0 Å². The van der Waals surface area contributed by atoms with Gasteiger partial charge in [-0.25, -0.2) is 13.4 Å². The number of nitrogens with zero attached hydrogens (tertiary/aromatic N) is 2. The van der Waals surface area contributed by atoms with Crippen molar-refractivity contribution in [2.24, 2.45) is 0 Å². The van der Waals surface area contributed by atoms with Crippen molar-refractivity contribution < 1.29 is 13.2 Å². The number of anilines is 5. The molecular weight excluding hydrogens is 464 g/mol. The van der Waals surface area contributed by atoms with Gasteiger partial charge >= 0.3 is 0 Å². The molecule has 0 aliphatic rings. The first-order valence-electron chi connectivity index (χ1n) is 10.7. The third kappa shape index (κ3) is 5.92. The van der Waals surface area contributed by atoms with Crippen LogP contribution in [0.4, 0.5) is 28.8 Å². The van der Waals surface area contributed by atoms with Gasteiger partial charge in [-0.15, -0.1) is 0 Å². The van der Waals surface area contributed by atoms with Crippen LogP contribution in [0.15, 0.2) is 83.8 Å². The Hall–Kier alpha value is -4.44. The van der Waals surface area contributed by atoms with Crippen LogP contribution in [0.25, 0.3) is 0 Å². The highest BCUT2D eigenvalue weighted by Gasteiger charge is 2.15. The molecule has 0 spiro atoms. The first-order valence-corrected chi connectivity index (χ1v) is 12.2. The van der Waals surface area contributed by atoms with Crippen LogP contribution in [0.1, 0.15) is 21.6 Å². The summed E-state index contributed by atoms with van der Waals surface area (Å²) in [5.74, 6) is 0.337. The summed E-state index contributed by atoms with van der Waals surface area (Å²) in [6, 6.07) is 21.6. The molecule has 0 bridgehead atoms. The molecular formula is C25H24N6O3S. The summed E-state index contributed by atoms with van der Waals surface area (Å²) in [7, 11) is -3.75. The highest BCUT2D eigenvalue weighted by molar-refractivity contribution is 7.92. The number of carbonyl (C=O) groups excluding carboxylic acids is 1. The summed E-state index contributed by atoms with van der Waals surface area (Å²) in [6.07, 6.45) is 0. The molecule has 1 aromatic heterocycles. The lowest BCUT2D eigenvalue weighted by Gasteiger charge is -2.12. The van der Waals surface area contributed by atoms with Crippen molar-refractivity contribution in [2.75, 3.05) is 21.1 Å². The minimum absolute atomic E-state index is 0.0839. The summed E-state index contributed by atoms with van der Waals surface area (Å²) in [5, 5.41) is 5.96. The van der Waals surface area contributed by atoms with Crippen LogP contribution < -0.4 is 21.1 Å². The second-order valence-electron chi connectivity index (χ2n) is 7.86. The Bertz CT molecular complexity index is 1450. The normalized spacial score (nSPS) is 11.0. The van der Waals surface area contributed by atoms with Gasteiger partial charge in [0, 0.05) is 34.4 Å². The molecule has 1 heterocycles. The minimum Gasteiger partial charge on any atom is -0.368 e. The highest BCUT2D eigenvalue weighted by atomic mass is 32.2. The van der Waals surface area contributed by atoms with Gasteiger partial charge in [0.2, 0.25) is 5.95 Å². The topological polar surface area (TPSA) is 139 Å². The van der Waals surface area contributed by atoms with E-state index >= 15 is 0 Å². The molecule has 178 valence electrons. The van der Waals surface area contributed by atoms with Gasteiger partial charge in [-0.3, -0.25) is 9.52 Å². The van der Waals surface area contributed by atoms with Crippen molar-refractivity contribution in [2.45, 2.75) is 18.7 Å². The van der Waals surface area contributed by atoms with Crippen molar-refractivity contribution in [1.82, 2.24) is 9.97 Å². The number of para-hydroxylation sites is 1. The zero-order chi connectivity index (χ0) is 25.0.